The highest BCUT2D eigenvalue weighted by molar-refractivity contribution is 6.60. The maximum Gasteiger partial charge on any atom is 0.491 e. The molecule has 0 saturated carbocycles. The maximum atomic E-state index is 10.1. The number of rotatable bonds is 7. The molecular formula is C20H22BNO5. The fraction of sp³-hybridized carbons (Fsp3) is 0.350. The van der Waals surface area contributed by atoms with Crippen LogP contribution >= 0.6 is 0 Å². The standard InChI is InChI=1S/C20H22BNO5/c1-24-21(23)19-10-9-18(27-17-7-5-15(13-22)6-8-17)12-16(19)14-26-20-4-2-3-11-25-20/h5-10,12,20,23H,2-4,11,14H2,1H3. The summed E-state index contributed by atoms with van der Waals surface area (Å²) in [7, 11) is 0.403. The normalized spacial score (nSPS) is 16.6. The van der Waals surface area contributed by atoms with Crippen molar-refractivity contribution in [2.24, 2.45) is 0 Å². The van der Waals surface area contributed by atoms with Gasteiger partial charge in [0.2, 0.25) is 0 Å². The van der Waals surface area contributed by atoms with Gasteiger partial charge in [0.05, 0.1) is 18.2 Å². The smallest absolute Gasteiger partial charge is 0.457 e. The van der Waals surface area contributed by atoms with Crippen LogP contribution in [-0.2, 0) is 20.7 Å². The van der Waals surface area contributed by atoms with Crippen LogP contribution in [0.25, 0.3) is 0 Å². The number of hydrogen-bond donors (Lipinski definition) is 1. The predicted octanol–water partition coefficient (Wildman–Crippen LogP) is 2.73. The predicted molar refractivity (Wildman–Crippen MR) is 101 cm³/mol. The van der Waals surface area contributed by atoms with E-state index in [4.69, 9.17) is 24.1 Å². The molecule has 2 aromatic carbocycles. The lowest BCUT2D eigenvalue weighted by Gasteiger charge is -2.23. The molecule has 1 fully saturated rings. The van der Waals surface area contributed by atoms with Crippen molar-refractivity contribution in [3.05, 3.63) is 53.6 Å². The van der Waals surface area contributed by atoms with Crippen LogP contribution < -0.4 is 10.2 Å². The molecule has 1 atom stereocenters. The number of ether oxygens (including phenoxy) is 3. The SMILES string of the molecule is COB(O)c1ccc(Oc2ccc(C#N)cc2)cc1COC1CCCCO1. The zero-order valence-electron chi connectivity index (χ0n) is 15.3. The molecule has 0 aromatic heterocycles. The summed E-state index contributed by atoms with van der Waals surface area (Å²) < 4.78 is 22.4. The van der Waals surface area contributed by atoms with E-state index < -0.39 is 7.12 Å². The van der Waals surface area contributed by atoms with E-state index in [1.54, 1.807) is 36.4 Å². The van der Waals surface area contributed by atoms with Crippen LogP contribution in [0.3, 0.4) is 0 Å². The molecule has 0 spiro atoms. The largest absolute Gasteiger partial charge is 0.491 e. The molecule has 1 aliphatic rings. The first-order chi connectivity index (χ1) is 13.2. The van der Waals surface area contributed by atoms with Crippen molar-refractivity contribution in [1.82, 2.24) is 0 Å². The van der Waals surface area contributed by atoms with Gasteiger partial charge in [-0.25, -0.2) is 0 Å². The van der Waals surface area contributed by atoms with Crippen LogP contribution in [0.5, 0.6) is 11.5 Å². The van der Waals surface area contributed by atoms with Crippen molar-refractivity contribution in [2.75, 3.05) is 13.7 Å². The van der Waals surface area contributed by atoms with E-state index in [9.17, 15) is 5.02 Å². The summed E-state index contributed by atoms with van der Waals surface area (Å²) in [4.78, 5) is 0. The Hall–Kier alpha value is -2.37. The van der Waals surface area contributed by atoms with Gasteiger partial charge in [-0.1, -0.05) is 6.07 Å². The van der Waals surface area contributed by atoms with Crippen LogP contribution in [0.15, 0.2) is 42.5 Å². The van der Waals surface area contributed by atoms with E-state index in [0.717, 1.165) is 24.8 Å². The topological polar surface area (TPSA) is 80.9 Å². The minimum Gasteiger partial charge on any atom is -0.457 e. The van der Waals surface area contributed by atoms with Gasteiger partial charge in [0.15, 0.2) is 6.29 Å². The summed E-state index contributed by atoms with van der Waals surface area (Å²) in [5.74, 6) is 1.23. The van der Waals surface area contributed by atoms with Crippen LogP contribution in [0.4, 0.5) is 0 Å². The molecule has 3 rings (SSSR count). The molecular weight excluding hydrogens is 345 g/mol. The van der Waals surface area contributed by atoms with Gasteiger partial charge in [-0.15, -0.1) is 0 Å². The van der Waals surface area contributed by atoms with Gasteiger partial charge >= 0.3 is 7.12 Å². The lowest BCUT2D eigenvalue weighted by molar-refractivity contribution is -0.168. The first kappa shape index (κ1) is 19.4. The number of nitrogens with zero attached hydrogens (tertiary/aromatic N) is 1. The monoisotopic (exact) mass is 367 g/mol. The van der Waals surface area contributed by atoms with Gasteiger partial charge in [-0.2, -0.15) is 5.26 Å². The third kappa shape index (κ3) is 5.31. The van der Waals surface area contributed by atoms with Gasteiger partial charge in [-0.3, -0.25) is 0 Å². The molecule has 1 saturated heterocycles. The third-order valence-electron chi connectivity index (χ3n) is 4.39. The van der Waals surface area contributed by atoms with E-state index >= 15 is 0 Å². The molecule has 1 aliphatic heterocycles. The Bertz CT molecular complexity index is 784. The Labute approximate surface area is 159 Å². The lowest BCUT2D eigenvalue weighted by Crippen LogP contribution is -2.36. The van der Waals surface area contributed by atoms with Gasteiger partial charge in [0.25, 0.3) is 0 Å². The van der Waals surface area contributed by atoms with E-state index in [0.29, 0.717) is 29.1 Å². The summed E-state index contributed by atoms with van der Waals surface area (Å²) in [6, 6.07) is 14.3. The van der Waals surface area contributed by atoms with Gasteiger partial charge < -0.3 is 23.9 Å². The fourth-order valence-corrected chi connectivity index (χ4v) is 2.90. The van der Waals surface area contributed by atoms with Crippen LogP contribution in [0.1, 0.15) is 30.4 Å². The molecule has 1 N–H and O–H groups in total. The molecule has 0 radical (unpaired) electrons. The highest BCUT2D eigenvalue weighted by Crippen LogP contribution is 2.23. The molecule has 2 aromatic rings. The highest BCUT2D eigenvalue weighted by atomic mass is 16.7. The van der Waals surface area contributed by atoms with Crippen molar-refractivity contribution in [1.29, 1.82) is 5.26 Å². The Morgan fingerprint density at radius 3 is 2.63 bits per heavy atom. The number of benzene rings is 2. The minimum atomic E-state index is -1.04. The molecule has 7 heteroatoms. The zero-order valence-corrected chi connectivity index (χ0v) is 15.3. The molecule has 0 bridgehead atoms. The Morgan fingerprint density at radius 1 is 1.19 bits per heavy atom. The number of hydrogen-bond acceptors (Lipinski definition) is 6. The molecule has 6 nitrogen and oxygen atoms in total. The Kier molecular flexibility index (Phi) is 6.85. The van der Waals surface area contributed by atoms with Gasteiger partial charge in [0.1, 0.15) is 11.5 Å². The average molecular weight is 367 g/mol. The highest BCUT2D eigenvalue weighted by Gasteiger charge is 2.21. The summed E-state index contributed by atoms with van der Waals surface area (Å²) in [6.07, 6.45) is 2.78. The average Bonchev–Trinajstić information content (AvgIpc) is 2.73. The van der Waals surface area contributed by atoms with E-state index in [1.165, 1.54) is 7.11 Å². The Morgan fingerprint density at radius 2 is 1.96 bits per heavy atom. The summed E-state index contributed by atoms with van der Waals surface area (Å²) >= 11 is 0. The first-order valence-corrected chi connectivity index (χ1v) is 8.94. The van der Waals surface area contributed by atoms with Crippen molar-refractivity contribution in [3.8, 4) is 17.6 Å². The second kappa shape index (κ2) is 9.54. The van der Waals surface area contributed by atoms with Crippen LogP contribution in [0.2, 0.25) is 0 Å². The first-order valence-electron chi connectivity index (χ1n) is 8.94. The molecule has 0 amide bonds. The third-order valence-corrected chi connectivity index (χ3v) is 4.39. The summed E-state index contributed by atoms with van der Waals surface area (Å²) in [6.45, 7) is 0.991. The van der Waals surface area contributed by atoms with E-state index in [-0.39, 0.29) is 12.9 Å². The second-order valence-electron chi connectivity index (χ2n) is 6.29. The minimum absolute atomic E-state index is 0.227. The van der Waals surface area contributed by atoms with Crippen molar-refractivity contribution < 1.29 is 23.9 Å². The molecule has 1 heterocycles. The quantitative estimate of drug-likeness (QED) is 0.758. The van der Waals surface area contributed by atoms with Crippen molar-refractivity contribution in [2.45, 2.75) is 32.2 Å². The van der Waals surface area contributed by atoms with Crippen LogP contribution in [-0.4, -0.2) is 32.1 Å². The molecule has 27 heavy (non-hydrogen) atoms. The van der Waals surface area contributed by atoms with Crippen molar-refractivity contribution >= 4 is 12.6 Å². The zero-order chi connectivity index (χ0) is 19.1. The molecule has 1 unspecified atom stereocenters. The lowest BCUT2D eigenvalue weighted by atomic mass is 9.76. The van der Waals surface area contributed by atoms with Crippen molar-refractivity contribution in [3.63, 3.8) is 0 Å². The van der Waals surface area contributed by atoms with Gasteiger partial charge in [-0.05, 0) is 66.7 Å². The molecule has 0 aliphatic carbocycles. The Balaban J connectivity index is 1.75. The summed E-state index contributed by atoms with van der Waals surface area (Å²) in [5.41, 5.74) is 1.97. The number of nitriles is 1. The fourth-order valence-electron chi connectivity index (χ4n) is 2.90. The summed E-state index contributed by atoms with van der Waals surface area (Å²) in [5, 5.41) is 19.0. The van der Waals surface area contributed by atoms with Crippen LogP contribution in [0, 0.1) is 11.3 Å². The van der Waals surface area contributed by atoms with E-state index in [2.05, 4.69) is 6.07 Å². The molecule has 140 valence electrons. The van der Waals surface area contributed by atoms with E-state index in [1.807, 2.05) is 6.07 Å². The van der Waals surface area contributed by atoms with Gasteiger partial charge in [0, 0.05) is 13.7 Å². The maximum absolute atomic E-state index is 10.1. The second-order valence-corrected chi connectivity index (χ2v) is 6.29.